The SMILES string of the molecule is O=C(NC1CCSC1)c1ccco1. The molecule has 13 heavy (non-hydrogen) atoms. The molecular weight excluding hydrogens is 186 g/mol. The highest BCUT2D eigenvalue weighted by Crippen LogP contribution is 2.17. The van der Waals surface area contributed by atoms with Crippen LogP contribution in [0.5, 0.6) is 0 Å². The molecule has 4 heteroatoms. The van der Waals surface area contributed by atoms with Crippen molar-refractivity contribution in [2.24, 2.45) is 0 Å². The fraction of sp³-hybridized carbons (Fsp3) is 0.444. The molecule has 0 bridgehead atoms. The normalized spacial score (nSPS) is 21.7. The predicted molar refractivity (Wildman–Crippen MR) is 51.9 cm³/mol. The molecule has 1 aromatic rings. The first-order chi connectivity index (χ1) is 6.36. The first-order valence-corrected chi connectivity index (χ1v) is 5.44. The summed E-state index contributed by atoms with van der Waals surface area (Å²) in [6, 6.07) is 3.72. The maximum absolute atomic E-state index is 11.4. The minimum atomic E-state index is -0.0995. The largest absolute Gasteiger partial charge is 0.459 e. The van der Waals surface area contributed by atoms with E-state index in [-0.39, 0.29) is 5.91 Å². The van der Waals surface area contributed by atoms with Gasteiger partial charge >= 0.3 is 0 Å². The zero-order valence-electron chi connectivity index (χ0n) is 7.16. The number of hydrogen-bond acceptors (Lipinski definition) is 3. The number of nitrogens with one attached hydrogen (secondary N) is 1. The van der Waals surface area contributed by atoms with E-state index in [1.54, 1.807) is 12.1 Å². The average Bonchev–Trinajstić information content (AvgIpc) is 2.74. The van der Waals surface area contributed by atoms with E-state index in [0.29, 0.717) is 11.8 Å². The minimum absolute atomic E-state index is 0.0995. The fourth-order valence-corrected chi connectivity index (χ4v) is 2.47. The third-order valence-electron chi connectivity index (χ3n) is 2.01. The van der Waals surface area contributed by atoms with Gasteiger partial charge in [-0.25, -0.2) is 0 Å². The number of amides is 1. The molecule has 3 nitrogen and oxygen atoms in total. The molecule has 1 atom stereocenters. The van der Waals surface area contributed by atoms with Crippen LogP contribution < -0.4 is 5.32 Å². The highest BCUT2D eigenvalue weighted by atomic mass is 32.2. The molecule has 1 N–H and O–H groups in total. The third kappa shape index (κ3) is 2.06. The zero-order chi connectivity index (χ0) is 9.10. The Morgan fingerprint density at radius 1 is 1.69 bits per heavy atom. The van der Waals surface area contributed by atoms with Crippen molar-refractivity contribution >= 4 is 17.7 Å². The van der Waals surface area contributed by atoms with Crippen molar-refractivity contribution in [1.29, 1.82) is 0 Å². The van der Waals surface area contributed by atoms with Crippen molar-refractivity contribution in [3.05, 3.63) is 24.2 Å². The van der Waals surface area contributed by atoms with E-state index in [2.05, 4.69) is 5.32 Å². The summed E-state index contributed by atoms with van der Waals surface area (Å²) in [5.41, 5.74) is 0. The van der Waals surface area contributed by atoms with E-state index in [0.717, 1.165) is 17.9 Å². The number of furan rings is 1. The topological polar surface area (TPSA) is 42.2 Å². The molecule has 0 aliphatic carbocycles. The Hall–Kier alpha value is -0.900. The van der Waals surface area contributed by atoms with Crippen molar-refractivity contribution in [3.63, 3.8) is 0 Å². The molecule has 1 amide bonds. The summed E-state index contributed by atoms with van der Waals surface area (Å²) in [5, 5.41) is 2.93. The van der Waals surface area contributed by atoms with Gasteiger partial charge < -0.3 is 9.73 Å². The van der Waals surface area contributed by atoms with Crippen LogP contribution in [0.4, 0.5) is 0 Å². The molecule has 1 fully saturated rings. The summed E-state index contributed by atoms with van der Waals surface area (Å²) in [6.07, 6.45) is 2.58. The highest BCUT2D eigenvalue weighted by Gasteiger charge is 2.19. The molecule has 0 radical (unpaired) electrons. The molecule has 1 aliphatic heterocycles. The molecule has 1 aromatic heterocycles. The van der Waals surface area contributed by atoms with Gasteiger partial charge in [-0.3, -0.25) is 4.79 Å². The quantitative estimate of drug-likeness (QED) is 0.781. The van der Waals surface area contributed by atoms with Gasteiger partial charge in [0.25, 0.3) is 5.91 Å². The lowest BCUT2D eigenvalue weighted by molar-refractivity contribution is 0.0913. The maximum Gasteiger partial charge on any atom is 0.287 e. The molecule has 70 valence electrons. The summed E-state index contributed by atoms with van der Waals surface area (Å²) in [7, 11) is 0. The fourth-order valence-electron chi connectivity index (χ4n) is 1.31. The van der Waals surface area contributed by atoms with Gasteiger partial charge in [-0.05, 0) is 24.3 Å². The summed E-state index contributed by atoms with van der Waals surface area (Å²) >= 11 is 1.88. The molecule has 2 heterocycles. The van der Waals surface area contributed by atoms with E-state index >= 15 is 0 Å². The lowest BCUT2D eigenvalue weighted by Gasteiger charge is -2.08. The molecule has 1 aliphatic rings. The van der Waals surface area contributed by atoms with Crippen molar-refractivity contribution in [2.45, 2.75) is 12.5 Å². The van der Waals surface area contributed by atoms with Gasteiger partial charge in [-0.15, -0.1) is 0 Å². The van der Waals surface area contributed by atoms with Gasteiger partial charge in [-0.2, -0.15) is 11.8 Å². The molecule has 0 aromatic carbocycles. The van der Waals surface area contributed by atoms with E-state index in [9.17, 15) is 4.79 Å². The summed E-state index contributed by atoms with van der Waals surface area (Å²) in [4.78, 5) is 11.4. The van der Waals surface area contributed by atoms with Gasteiger partial charge in [0.2, 0.25) is 0 Å². The number of thioether (sulfide) groups is 1. The lowest BCUT2D eigenvalue weighted by atomic mass is 10.2. The van der Waals surface area contributed by atoms with E-state index in [1.165, 1.54) is 6.26 Å². The minimum Gasteiger partial charge on any atom is -0.459 e. The lowest BCUT2D eigenvalue weighted by Crippen LogP contribution is -2.34. The van der Waals surface area contributed by atoms with Crippen LogP contribution in [-0.2, 0) is 0 Å². The second kappa shape index (κ2) is 3.87. The third-order valence-corrected chi connectivity index (χ3v) is 3.17. The Kier molecular flexibility index (Phi) is 2.59. The van der Waals surface area contributed by atoms with Crippen LogP contribution in [0.1, 0.15) is 17.0 Å². The number of rotatable bonds is 2. The van der Waals surface area contributed by atoms with E-state index < -0.39 is 0 Å². The molecule has 2 rings (SSSR count). The molecule has 0 saturated carbocycles. The van der Waals surface area contributed by atoms with Crippen molar-refractivity contribution < 1.29 is 9.21 Å². The van der Waals surface area contributed by atoms with Gasteiger partial charge in [0.05, 0.1) is 6.26 Å². The number of hydrogen-bond donors (Lipinski definition) is 1. The highest BCUT2D eigenvalue weighted by molar-refractivity contribution is 7.99. The second-order valence-corrected chi connectivity index (χ2v) is 4.16. The van der Waals surface area contributed by atoms with Crippen molar-refractivity contribution in [1.82, 2.24) is 5.32 Å². The van der Waals surface area contributed by atoms with Crippen LogP contribution >= 0.6 is 11.8 Å². The second-order valence-electron chi connectivity index (χ2n) is 3.01. The summed E-state index contributed by atoms with van der Waals surface area (Å²) in [6.45, 7) is 0. The number of carbonyl (C=O) groups excluding carboxylic acids is 1. The van der Waals surface area contributed by atoms with Crippen LogP contribution in [-0.4, -0.2) is 23.5 Å². The Bertz CT molecular complexity index is 278. The number of carbonyl (C=O) groups is 1. The van der Waals surface area contributed by atoms with E-state index in [4.69, 9.17) is 4.42 Å². The smallest absolute Gasteiger partial charge is 0.287 e. The standard InChI is InChI=1S/C9H11NO2S/c11-9(8-2-1-4-12-8)10-7-3-5-13-6-7/h1-2,4,7H,3,5-6H2,(H,10,11). The Morgan fingerprint density at radius 3 is 3.23 bits per heavy atom. The van der Waals surface area contributed by atoms with Crippen molar-refractivity contribution in [2.75, 3.05) is 11.5 Å². The van der Waals surface area contributed by atoms with Crippen LogP contribution in [0.3, 0.4) is 0 Å². The van der Waals surface area contributed by atoms with Crippen LogP contribution in [0.2, 0.25) is 0 Å². The first kappa shape index (κ1) is 8.69. The molecular formula is C9H11NO2S. The van der Waals surface area contributed by atoms with Crippen LogP contribution in [0.15, 0.2) is 22.8 Å². The summed E-state index contributed by atoms with van der Waals surface area (Å²) in [5.74, 6) is 2.46. The monoisotopic (exact) mass is 197 g/mol. The Balaban J connectivity index is 1.91. The van der Waals surface area contributed by atoms with Gasteiger partial charge in [0, 0.05) is 11.8 Å². The maximum atomic E-state index is 11.4. The summed E-state index contributed by atoms with van der Waals surface area (Å²) < 4.78 is 4.99. The Labute approximate surface area is 80.9 Å². The van der Waals surface area contributed by atoms with Crippen molar-refractivity contribution in [3.8, 4) is 0 Å². The average molecular weight is 197 g/mol. The van der Waals surface area contributed by atoms with Crippen LogP contribution in [0, 0.1) is 0 Å². The van der Waals surface area contributed by atoms with Crippen LogP contribution in [0.25, 0.3) is 0 Å². The Morgan fingerprint density at radius 2 is 2.62 bits per heavy atom. The molecule has 0 spiro atoms. The van der Waals surface area contributed by atoms with E-state index in [1.807, 2.05) is 11.8 Å². The van der Waals surface area contributed by atoms with Gasteiger partial charge in [0.1, 0.15) is 0 Å². The van der Waals surface area contributed by atoms with Gasteiger partial charge in [0.15, 0.2) is 5.76 Å². The molecule has 1 unspecified atom stereocenters. The molecule has 1 saturated heterocycles. The predicted octanol–water partition coefficient (Wildman–Crippen LogP) is 1.51. The van der Waals surface area contributed by atoms with Gasteiger partial charge in [-0.1, -0.05) is 0 Å². The zero-order valence-corrected chi connectivity index (χ0v) is 7.97. The first-order valence-electron chi connectivity index (χ1n) is 4.28.